The summed E-state index contributed by atoms with van der Waals surface area (Å²) in [6.07, 6.45) is 0. The molecule has 3 heteroatoms. The first-order valence-corrected chi connectivity index (χ1v) is 8.37. The van der Waals surface area contributed by atoms with Crippen LogP contribution in [0.1, 0.15) is 31.9 Å². The van der Waals surface area contributed by atoms with Crippen LogP contribution >= 0.6 is 0 Å². The fraction of sp³-hybridized carbons (Fsp3) is 0.667. The predicted molar refractivity (Wildman–Crippen MR) is 92.1 cm³/mol. The van der Waals surface area contributed by atoms with Crippen LogP contribution in [0, 0.1) is 12.8 Å². The first-order valence-electron chi connectivity index (χ1n) is 8.37. The van der Waals surface area contributed by atoms with Crippen LogP contribution < -0.4 is 10.2 Å². The number of rotatable bonds is 6. The van der Waals surface area contributed by atoms with Gasteiger partial charge in [-0.05, 0) is 49.2 Å². The minimum Gasteiger partial charge on any atom is -0.369 e. The van der Waals surface area contributed by atoms with E-state index >= 15 is 0 Å². The van der Waals surface area contributed by atoms with Crippen LogP contribution in [-0.2, 0) is 6.54 Å². The SMILES string of the molecule is CCN1CCN(c2ccc(CNCC(C)C)c(C)c2)CC1. The van der Waals surface area contributed by atoms with Crippen LogP contribution in [0.4, 0.5) is 5.69 Å². The summed E-state index contributed by atoms with van der Waals surface area (Å²) in [5.41, 5.74) is 4.21. The molecule has 1 aromatic carbocycles. The van der Waals surface area contributed by atoms with Gasteiger partial charge in [-0.1, -0.05) is 26.8 Å². The van der Waals surface area contributed by atoms with E-state index in [0.717, 1.165) is 26.2 Å². The van der Waals surface area contributed by atoms with Crippen molar-refractivity contribution in [2.75, 3.05) is 44.2 Å². The molecule has 1 aromatic rings. The Morgan fingerprint density at radius 2 is 1.86 bits per heavy atom. The quantitative estimate of drug-likeness (QED) is 0.869. The maximum atomic E-state index is 3.53. The molecule has 3 nitrogen and oxygen atoms in total. The maximum absolute atomic E-state index is 3.53. The summed E-state index contributed by atoms with van der Waals surface area (Å²) in [4.78, 5) is 5.04. The van der Waals surface area contributed by atoms with Gasteiger partial charge < -0.3 is 15.1 Å². The van der Waals surface area contributed by atoms with Gasteiger partial charge in [0.25, 0.3) is 0 Å². The number of nitrogens with zero attached hydrogens (tertiary/aromatic N) is 2. The Morgan fingerprint density at radius 1 is 1.14 bits per heavy atom. The molecule has 118 valence electrons. The number of anilines is 1. The average molecular weight is 289 g/mol. The van der Waals surface area contributed by atoms with Gasteiger partial charge in [-0.3, -0.25) is 0 Å². The molecular formula is C18H31N3. The van der Waals surface area contributed by atoms with Crippen molar-refractivity contribution in [2.24, 2.45) is 5.92 Å². The summed E-state index contributed by atoms with van der Waals surface area (Å²) in [6, 6.07) is 6.94. The fourth-order valence-corrected chi connectivity index (χ4v) is 2.89. The van der Waals surface area contributed by atoms with Crippen LogP contribution in [0.3, 0.4) is 0 Å². The van der Waals surface area contributed by atoms with E-state index in [-0.39, 0.29) is 0 Å². The monoisotopic (exact) mass is 289 g/mol. The van der Waals surface area contributed by atoms with Crippen molar-refractivity contribution in [2.45, 2.75) is 34.2 Å². The summed E-state index contributed by atoms with van der Waals surface area (Å²) in [5, 5.41) is 3.53. The van der Waals surface area contributed by atoms with Crippen LogP contribution in [0.2, 0.25) is 0 Å². The zero-order chi connectivity index (χ0) is 15.2. The summed E-state index contributed by atoms with van der Waals surface area (Å²) in [6.45, 7) is 16.9. The van der Waals surface area contributed by atoms with E-state index in [9.17, 15) is 0 Å². The standard InChI is InChI=1S/C18H31N3/c1-5-20-8-10-21(11-9-20)18-7-6-17(16(4)12-18)14-19-13-15(2)3/h6-7,12,15,19H,5,8-11,13-14H2,1-4H3. The molecule has 21 heavy (non-hydrogen) atoms. The first kappa shape index (κ1) is 16.3. The van der Waals surface area contributed by atoms with Crippen molar-refractivity contribution >= 4 is 5.69 Å². The topological polar surface area (TPSA) is 18.5 Å². The van der Waals surface area contributed by atoms with E-state index in [0.29, 0.717) is 5.92 Å². The third kappa shape index (κ3) is 4.72. The highest BCUT2D eigenvalue weighted by Gasteiger charge is 2.16. The second-order valence-corrected chi connectivity index (χ2v) is 6.56. The number of benzene rings is 1. The summed E-state index contributed by atoms with van der Waals surface area (Å²) in [7, 11) is 0. The number of likely N-dealkylation sites (N-methyl/N-ethyl adjacent to an activating group) is 1. The normalized spacial score (nSPS) is 16.7. The lowest BCUT2D eigenvalue weighted by molar-refractivity contribution is 0.271. The Bertz CT molecular complexity index is 434. The molecule has 1 saturated heterocycles. The molecule has 2 rings (SSSR count). The van der Waals surface area contributed by atoms with Gasteiger partial charge in [-0.15, -0.1) is 0 Å². The minimum absolute atomic E-state index is 0.708. The zero-order valence-electron chi connectivity index (χ0n) is 14.2. The van der Waals surface area contributed by atoms with Crippen LogP contribution in [-0.4, -0.2) is 44.2 Å². The number of hydrogen-bond acceptors (Lipinski definition) is 3. The Kier molecular flexibility index (Phi) is 6.07. The summed E-state index contributed by atoms with van der Waals surface area (Å²) >= 11 is 0. The first-order chi connectivity index (χ1) is 10.1. The number of aryl methyl sites for hydroxylation is 1. The molecule has 0 aliphatic carbocycles. The molecular weight excluding hydrogens is 258 g/mol. The molecule has 0 bridgehead atoms. The number of piperazine rings is 1. The Morgan fingerprint density at radius 3 is 2.43 bits per heavy atom. The Labute approximate surface area is 130 Å². The highest BCUT2D eigenvalue weighted by molar-refractivity contribution is 5.51. The third-order valence-electron chi connectivity index (χ3n) is 4.38. The Hall–Kier alpha value is -1.06. The lowest BCUT2D eigenvalue weighted by Crippen LogP contribution is -2.46. The van der Waals surface area contributed by atoms with Gasteiger partial charge in [0.1, 0.15) is 0 Å². The molecule has 0 spiro atoms. The van der Waals surface area contributed by atoms with Gasteiger partial charge >= 0.3 is 0 Å². The van der Waals surface area contributed by atoms with E-state index in [1.165, 1.54) is 36.4 Å². The minimum atomic E-state index is 0.708. The van der Waals surface area contributed by atoms with E-state index < -0.39 is 0 Å². The highest BCUT2D eigenvalue weighted by atomic mass is 15.3. The predicted octanol–water partition coefficient (Wildman–Crippen LogP) is 2.88. The molecule has 1 heterocycles. The van der Waals surface area contributed by atoms with E-state index in [1.807, 2.05) is 0 Å². The second kappa shape index (κ2) is 7.81. The van der Waals surface area contributed by atoms with Gasteiger partial charge in [-0.2, -0.15) is 0 Å². The lowest BCUT2D eigenvalue weighted by atomic mass is 10.1. The molecule has 0 amide bonds. The molecule has 0 saturated carbocycles. The summed E-state index contributed by atoms with van der Waals surface area (Å²) in [5.74, 6) is 0.708. The number of hydrogen-bond donors (Lipinski definition) is 1. The van der Waals surface area contributed by atoms with Crippen molar-refractivity contribution in [3.8, 4) is 0 Å². The van der Waals surface area contributed by atoms with E-state index in [1.54, 1.807) is 0 Å². The second-order valence-electron chi connectivity index (χ2n) is 6.56. The molecule has 0 radical (unpaired) electrons. The van der Waals surface area contributed by atoms with Gasteiger partial charge in [-0.25, -0.2) is 0 Å². The molecule has 1 aliphatic heterocycles. The van der Waals surface area contributed by atoms with Crippen LogP contribution in [0.25, 0.3) is 0 Å². The molecule has 1 N–H and O–H groups in total. The molecule has 0 unspecified atom stereocenters. The molecule has 1 fully saturated rings. The van der Waals surface area contributed by atoms with Crippen LogP contribution in [0.5, 0.6) is 0 Å². The van der Waals surface area contributed by atoms with Gasteiger partial charge in [0.2, 0.25) is 0 Å². The van der Waals surface area contributed by atoms with Crippen molar-refractivity contribution in [3.05, 3.63) is 29.3 Å². The van der Waals surface area contributed by atoms with Gasteiger partial charge in [0.05, 0.1) is 0 Å². The smallest absolute Gasteiger partial charge is 0.0369 e. The van der Waals surface area contributed by atoms with Crippen molar-refractivity contribution < 1.29 is 0 Å². The van der Waals surface area contributed by atoms with Crippen molar-refractivity contribution in [3.63, 3.8) is 0 Å². The van der Waals surface area contributed by atoms with Crippen molar-refractivity contribution in [1.82, 2.24) is 10.2 Å². The molecule has 1 aliphatic rings. The lowest BCUT2D eigenvalue weighted by Gasteiger charge is -2.35. The van der Waals surface area contributed by atoms with Crippen molar-refractivity contribution in [1.29, 1.82) is 0 Å². The van der Waals surface area contributed by atoms with E-state index in [4.69, 9.17) is 0 Å². The van der Waals surface area contributed by atoms with E-state index in [2.05, 4.69) is 61.0 Å². The van der Waals surface area contributed by atoms with Crippen LogP contribution in [0.15, 0.2) is 18.2 Å². The average Bonchev–Trinajstić information content (AvgIpc) is 2.48. The largest absolute Gasteiger partial charge is 0.369 e. The maximum Gasteiger partial charge on any atom is 0.0369 e. The fourth-order valence-electron chi connectivity index (χ4n) is 2.89. The molecule has 0 aromatic heterocycles. The molecule has 0 atom stereocenters. The van der Waals surface area contributed by atoms with Gasteiger partial charge in [0.15, 0.2) is 0 Å². The Balaban J connectivity index is 1.92. The number of nitrogens with one attached hydrogen (secondary N) is 1. The van der Waals surface area contributed by atoms with Gasteiger partial charge in [0, 0.05) is 38.4 Å². The highest BCUT2D eigenvalue weighted by Crippen LogP contribution is 2.20. The third-order valence-corrected chi connectivity index (χ3v) is 4.38. The zero-order valence-corrected chi connectivity index (χ0v) is 14.2. The summed E-state index contributed by atoms with van der Waals surface area (Å²) < 4.78 is 0.